The highest BCUT2D eigenvalue weighted by Crippen LogP contribution is 2.29. The van der Waals surface area contributed by atoms with Gasteiger partial charge in [-0.15, -0.1) is 11.3 Å². The fourth-order valence-corrected chi connectivity index (χ4v) is 3.63. The van der Waals surface area contributed by atoms with Gasteiger partial charge in [0.05, 0.1) is 22.4 Å². The molecule has 2 heterocycles. The largest absolute Gasteiger partial charge is 0.478 e. The summed E-state index contributed by atoms with van der Waals surface area (Å²) >= 11 is 6.88. The SMILES string of the molecule is Cc1c(C(=O)N/N=C/c2ccc(-c3ccc(Cl)c(C(=O)O)c3)o2)sc(N)c1C#N. The lowest BCUT2D eigenvalue weighted by Gasteiger charge is -2.02. The van der Waals surface area contributed by atoms with Crippen LogP contribution in [-0.2, 0) is 0 Å². The molecule has 2 aromatic heterocycles. The number of nitrogens with two attached hydrogens (primary N) is 1. The highest BCUT2D eigenvalue weighted by Gasteiger charge is 2.18. The summed E-state index contributed by atoms with van der Waals surface area (Å²) < 4.78 is 5.60. The molecule has 0 unspecified atom stereocenters. The van der Waals surface area contributed by atoms with Crippen LogP contribution in [0.15, 0.2) is 39.9 Å². The zero-order chi connectivity index (χ0) is 21.1. The van der Waals surface area contributed by atoms with Crippen molar-refractivity contribution in [3.05, 3.63) is 62.7 Å². The number of rotatable bonds is 5. The van der Waals surface area contributed by atoms with Crippen molar-refractivity contribution in [3.8, 4) is 17.4 Å². The number of amides is 1. The van der Waals surface area contributed by atoms with Crippen molar-refractivity contribution in [1.29, 1.82) is 5.26 Å². The number of carbonyl (C=O) groups excluding carboxylic acids is 1. The van der Waals surface area contributed by atoms with Crippen molar-refractivity contribution >= 4 is 46.0 Å². The third-order valence-corrected chi connectivity index (χ3v) is 5.41. The Morgan fingerprint density at radius 1 is 1.38 bits per heavy atom. The molecule has 3 rings (SSSR count). The Morgan fingerprint density at radius 2 is 2.14 bits per heavy atom. The average Bonchev–Trinajstić information content (AvgIpc) is 3.26. The van der Waals surface area contributed by atoms with E-state index < -0.39 is 11.9 Å². The number of hydrogen-bond acceptors (Lipinski definition) is 7. The first-order chi connectivity index (χ1) is 13.8. The third kappa shape index (κ3) is 4.13. The lowest BCUT2D eigenvalue weighted by molar-refractivity contribution is 0.0697. The van der Waals surface area contributed by atoms with Crippen LogP contribution in [0.3, 0.4) is 0 Å². The summed E-state index contributed by atoms with van der Waals surface area (Å²) in [4.78, 5) is 23.7. The maximum Gasteiger partial charge on any atom is 0.337 e. The van der Waals surface area contributed by atoms with Crippen LogP contribution in [0, 0.1) is 18.3 Å². The second kappa shape index (κ2) is 8.18. The van der Waals surface area contributed by atoms with Crippen molar-refractivity contribution in [2.75, 3.05) is 5.73 Å². The predicted octanol–water partition coefficient (Wildman–Crippen LogP) is 3.89. The van der Waals surface area contributed by atoms with E-state index in [0.717, 1.165) is 11.3 Å². The van der Waals surface area contributed by atoms with Crippen LogP contribution in [0.5, 0.6) is 0 Å². The van der Waals surface area contributed by atoms with Crippen molar-refractivity contribution < 1.29 is 19.1 Å². The molecule has 0 radical (unpaired) electrons. The normalized spacial score (nSPS) is 10.8. The molecule has 0 aliphatic rings. The molecule has 0 spiro atoms. The van der Waals surface area contributed by atoms with Crippen molar-refractivity contribution in [3.63, 3.8) is 0 Å². The summed E-state index contributed by atoms with van der Waals surface area (Å²) in [5, 5.41) is 22.4. The van der Waals surface area contributed by atoms with Gasteiger partial charge in [-0.1, -0.05) is 11.6 Å². The van der Waals surface area contributed by atoms with E-state index in [1.165, 1.54) is 18.3 Å². The Kier molecular flexibility index (Phi) is 5.68. The maximum absolute atomic E-state index is 12.2. The first kappa shape index (κ1) is 20.1. The molecule has 0 saturated heterocycles. The number of carboxylic acid groups (broad SMARTS) is 1. The van der Waals surface area contributed by atoms with Crippen LogP contribution < -0.4 is 11.2 Å². The molecule has 8 nitrogen and oxygen atoms in total. The number of nitriles is 1. The van der Waals surface area contributed by atoms with E-state index >= 15 is 0 Å². The number of furan rings is 1. The van der Waals surface area contributed by atoms with Gasteiger partial charge >= 0.3 is 5.97 Å². The van der Waals surface area contributed by atoms with Crippen molar-refractivity contribution in [2.24, 2.45) is 5.10 Å². The van der Waals surface area contributed by atoms with Gasteiger partial charge in [0.25, 0.3) is 5.91 Å². The van der Waals surface area contributed by atoms with E-state index in [9.17, 15) is 9.59 Å². The zero-order valence-electron chi connectivity index (χ0n) is 14.9. The minimum atomic E-state index is -1.14. The second-order valence-electron chi connectivity index (χ2n) is 5.81. The Balaban J connectivity index is 1.73. The Bertz CT molecular complexity index is 1190. The number of hydrogen-bond donors (Lipinski definition) is 3. The minimum Gasteiger partial charge on any atom is -0.478 e. The number of nitrogens with zero attached hydrogens (tertiary/aromatic N) is 2. The van der Waals surface area contributed by atoms with E-state index in [0.29, 0.717) is 27.5 Å². The van der Waals surface area contributed by atoms with Gasteiger partial charge in [-0.25, -0.2) is 10.2 Å². The highest BCUT2D eigenvalue weighted by atomic mass is 35.5. The summed E-state index contributed by atoms with van der Waals surface area (Å²) in [5.74, 6) is -0.880. The fourth-order valence-electron chi connectivity index (χ4n) is 2.52. The summed E-state index contributed by atoms with van der Waals surface area (Å²) in [5.41, 5.74) is 9.35. The smallest absolute Gasteiger partial charge is 0.337 e. The third-order valence-electron chi connectivity index (χ3n) is 3.96. The number of carbonyl (C=O) groups is 2. The molecule has 1 amide bonds. The topological polar surface area (TPSA) is 142 Å². The van der Waals surface area contributed by atoms with Crippen LogP contribution in [0.25, 0.3) is 11.3 Å². The molecule has 0 atom stereocenters. The number of hydrazone groups is 1. The van der Waals surface area contributed by atoms with Crippen molar-refractivity contribution in [2.45, 2.75) is 6.92 Å². The van der Waals surface area contributed by atoms with Crippen LogP contribution in [0.4, 0.5) is 5.00 Å². The summed E-state index contributed by atoms with van der Waals surface area (Å²) in [6.07, 6.45) is 1.30. The number of nitrogen functional groups attached to an aromatic ring is 1. The van der Waals surface area contributed by atoms with Crippen LogP contribution >= 0.6 is 22.9 Å². The Morgan fingerprint density at radius 3 is 2.79 bits per heavy atom. The van der Waals surface area contributed by atoms with E-state index in [4.69, 9.17) is 32.1 Å². The number of halogens is 1. The zero-order valence-corrected chi connectivity index (χ0v) is 16.5. The van der Waals surface area contributed by atoms with Gasteiger partial charge in [0.2, 0.25) is 0 Å². The molecule has 0 aliphatic carbocycles. The first-order valence-corrected chi connectivity index (χ1v) is 9.26. The minimum absolute atomic E-state index is 0.0367. The Hall–Kier alpha value is -3.61. The second-order valence-corrected chi connectivity index (χ2v) is 7.27. The Labute approximate surface area is 173 Å². The number of benzene rings is 1. The highest BCUT2D eigenvalue weighted by molar-refractivity contribution is 7.18. The number of aromatic carboxylic acids is 1. The van der Waals surface area contributed by atoms with Gasteiger partial charge in [0.1, 0.15) is 27.5 Å². The number of anilines is 1. The van der Waals surface area contributed by atoms with Gasteiger partial charge in [-0.05, 0) is 42.8 Å². The number of thiophene rings is 1. The first-order valence-electron chi connectivity index (χ1n) is 8.07. The molecule has 146 valence electrons. The molecular weight excluding hydrogens is 416 g/mol. The van der Waals surface area contributed by atoms with Crippen LogP contribution in [0.2, 0.25) is 5.02 Å². The van der Waals surface area contributed by atoms with Gasteiger partial charge in [0, 0.05) is 5.56 Å². The van der Waals surface area contributed by atoms with E-state index in [2.05, 4.69) is 10.5 Å². The summed E-state index contributed by atoms with van der Waals surface area (Å²) in [6, 6.07) is 9.73. The molecular formula is C19H13ClN4O4S. The van der Waals surface area contributed by atoms with Gasteiger partial charge < -0.3 is 15.3 Å². The lowest BCUT2D eigenvalue weighted by atomic mass is 10.1. The van der Waals surface area contributed by atoms with E-state index in [-0.39, 0.29) is 21.2 Å². The molecule has 0 saturated carbocycles. The molecule has 1 aromatic carbocycles. The molecule has 3 aromatic rings. The van der Waals surface area contributed by atoms with Gasteiger partial charge in [-0.3, -0.25) is 4.79 Å². The maximum atomic E-state index is 12.2. The van der Waals surface area contributed by atoms with Crippen LogP contribution in [-0.4, -0.2) is 23.2 Å². The summed E-state index contributed by atoms with van der Waals surface area (Å²) in [7, 11) is 0. The quantitative estimate of drug-likeness (QED) is 0.415. The van der Waals surface area contributed by atoms with Crippen LogP contribution in [0.1, 0.15) is 36.9 Å². The van der Waals surface area contributed by atoms with E-state index in [1.807, 2.05) is 6.07 Å². The molecule has 0 aliphatic heterocycles. The van der Waals surface area contributed by atoms with Gasteiger partial charge in [0.15, 0.2) is 0 Å². The number of carboxylic acids is 1. The molecule has 0 fully saturated rings. The van der Waals surface area contributed by atoms with Gasteiger partial charge in [-0.2, -0.15) is 10.4 Å². The van der Waals surface area contributed by atoms with E-state index in [1.54, 1.807) is 25.1 Å². The summed E-state index contributed by atoms with van der Waals surface area (Å²) in [6.45, 7) is 1.64. The lowest BCUT2D eigenvalue weighted by Crippen LogP contribution is -2.17. The molecule has 4 N–H and O–H groups in total. The monoisotopic (exact) mass is 428 g/mol. The average molecular weight is 429 g/mol. The standard InChI is InChI=1S/C19H13ClN4O4S/c1-9-13(7-21)17(22)29-16(9)18(25)24-23-8-11-3-5-15(28-11)10-2-4-14(20)12(6-10)19(26)27/h2-6,8H,22H2,1H3,(H,24,25)(H,26,27)/b23-8+. The molecule has 29 heavy (non-hydrogen) atoms. The predicted molar refractivity (Wildman–Crippen MR) is 109 cm³/mol. The molecule has 0 bridgehead atoms. The fraction of sp³-hybridized carbons (Fsp3) is 0.0526. The number of nitrogens with one attached hydrogen (secondary N) is 1. The molecule has 10 heteroatoms. The van der Waals surface area contributed by atoms with Crippen molar-refractivity contribution in [1.82, 2.24) is 5.43 Å².